The lowest BCUT2D eigenvalue weighted by Gasteiger charge is -2.30. The Morgan fingerprint density at radius 3 is 2.57 bits per heavy atom. The van der Waals surface area contributed by atoms with Gasteiger partial charge in [0.1, 0.15) is 0 Å². The minimum atomic E-state index is -0.417. The van der Waals surface area contributed by atoms with Gasteiger partial charge in [-0.2, -0.15) is 9.61 Å². The zero-order valence-electron chi connectivity index (χ0n) is 12.7. The molecule has 1 aliphatic heterocycles. The van der Waals surface area contributed by atoms with Crippen LogP contribution in [-0.2, 0) is 0 Å². The second-order valence-corrected chi connectivity index (χ2v) is 5.77. The number of aromatic nitrogens is 6. The number of nitrogens with zero attached hydrogens (tertiary/aromatic N) is 7. The van der Waals surface area contributed by atoms with Crippen molar-refractivity contribution in [3.8, 4) is 0 Å². The van der Waals surface area contributed by atoms with Crippen LogP contribution in [0.2, 0.25) is 0 Å². The van der Waals surface area contributed by atoms with Crippen molar-refractivity contribution in [3.63, 3.8) is 0 Å². The summed E-state index contributed by atoms with van der Waals surface area (Å²) in [6.07, 6.45) is 4.23. The molecule has 0 aromatic carbocycles. The summed E-state index contributed by atoms with van der Waals surface area (Å²) in [7, 11) is 0. The molecule has 0 unspecified atom stereocenters. The Labute approximate surface area is 132 Å². The van der Waals surface area contributed by atoms with Crippen LogP contribution in [0.25, 0.3) is 5.65 Å². The van der Waals surface area contributed by atoms with Gasteiger partial charge in [-0.25, -0.2) is 14.4 Å². The van der Waals surface area contributed by atoms with Crippen molar-refractivity contribution >= 4 is 11.6 Å². The van der Waals surface area contributed by atoms with Crippen LogP contribution in [0.4, 0.5) is 10.3 Å². The second kappa shape index (κ2) is 5.53. The quantitative estimate of drug-likeness (QED) is 0.717. The standard InChI is InChI=1S/C15H16FN7/c1-10-2-3-13-19-20-14(23(13)21-10)11-4-6-22(7-5-11)15-17-8-12(16)9-18-15/h2-3,8-9,11H,4-7H2,1H3. The number of rotatable bonds is 2. The molecule has 4 heterocycles. The second-order valence-electron chi connectivity index (χ2n) is 5.77. The van der Waals surface area contributed by atoms with Crippen molar-refractivity contribution in [2.75, 3.05) is 18.0 Å². The van der Waals surface area contributed by atoms with E-state index in [2.05, 4.69) is 30.2 Å². The highest BCUT2D eigenvalue weighted by Crippen LogP contribution is 2.28. The fourth-order valence-electron chi connectivity index (χ4n) is 2.96. The van der Waals surface area contributed by atoms with Gasteiger partial charge in [0.15, 0.2) is 17.3 Å². The Morgan fingerprint density at radius 1 is 1.09 bits per heavy atom. The van der Waals surface area contributed by atoms with E-state index < -0.39 is 5.82 Å². The molecule has 0 atom stereocenters. The van der Waals surface area contributed by atoms with Gasteiger partial charge in [-0.05, 0) is 31.9 Å². The molecule has 0 spiro atoms. The zero-order chi connectivity index (χ0) is 15.8. The van der Waals surface area contributed by atoms with Gasteiger partial charge in [0.25, 0.3) is 0 Å². The van der Waals surface area contributed by atoms with Gasteiger partial charge >= 0.3 is 0 Å². The van der Waals surface area contributed by atoms with Crippen LogP contribution in [0.15, 0.2) is 24.5 Å². The van der Waals surface area contributed by atoms with Gasteiger partial charge in [0.05, 0.1) is 18.1 Å². The minimum Gasteiger partial charge on any atom is -0.341 e. The highest BCUT2D eigenvalue weighted by molar-refractivity contribution is 5.37. The van der Waals surface area contributed by atoms with Gasteiger partial charge in [-0.3, -0.25) is 0 Å². The minimum absolute atomic E-state index is 0.302. The van der Waals surface area contributed by atoms with Gasteiger partial charge in [0, 0.05) is 19.0 Å². The average Bonchev–Trinajstić information content (AvgIpc) is 2.99. The van der Waals surface area contributed by atoms with Gasteiger partial charge in [-0.1, -0.05) is 0 Å². The lowest BCUT2D eigenvalue weighted by molar-refractivity contribution is 0.471. The molecule has 0 aliphatic carbocycles. The predicted octanol–water partition coefficient (Wildman–Crippen LogP) is 1.75. The molecule has 118 valence electrons. The normalized spacial score (nSPS) is 16.2. The van der Waals surface area contributed by atoms with Crippen LogP contribution in [0, 0.1) is 12.7 Å². The Morgan fingerprint density at radius 2 is 1.83 bits per heavy atom. The Kier molecular flexibility index (Phi) is 3.36. The lowest BCUT2D eigenvalue weighted by atomic mass is 9.96. The molecule has 1 fully saturated rings. The van der Waals surface area contributed by atoms with Crippen LogP contribution >= 0.6 is 0 Å². The largest absolute Gasteiger partial charge is 0.341 e. The molecule has 3 aromatic rings. The molecule has 8 heteroatoms. The number of anilines is 1. The van der Waals surface area contributed by atoms with E-state index in [1.54, 1.807) is 0 Å². The topological polar surface area (TPSA) is 72.1 Å². The number of aryl methyl sites for hydroxylation is 1. The molecular weight excluding hydrogens is 297 g/mol. The monoisotopic (exact) mass is 313 g/mol. The number of fused-ring (bicyclic) bond motifs is 1. The summed E-state index contributed by atoms with van der Waals surface area (Å²) in [6, 6.07) is 3.86. The van der Waals surface area contributed by atoms with Crippen LogP contribution < -0.4 is 4.90 Å². The number of piperidine rings is 1. The van der Waals surface area contributed by atoms with Crippen LogP contribution in [0.3, 0.4) is 0 Å². The summed E-state index contributed by atoms with van der Waals surface area (Å²) in [5.41, 5.74) is 1.71. The summed E-state index contributed by atoms with van der Waals surface area (Å²) < 4.78 is 14.8. The molecule has 0 radical (unpaired) electrons. The number of halogens is 1. The fourth-order valence-corrected chi connectivity index (χ4v) is 2.96. The van der Waals surface area contributed by atoms with E-state index >= 15 is 0 Å². The SMILES string of the molecule is Cc1ccc2nnc(C3CCN(c4ncc(F)cn4)CC3)n2n1. The van der Waals surface area contributed by atoms with Gasteiger partial charge < -0.3 is 4.90 Å². The Balaban J connectivity index is 1.52. The molecular formula is C15H16FN7. The van der Waals surface area contributed by atoms with Gasteiger partial charge in [-0.15, -0.1) is 10.2 Å². The number of hydrogen-bond acceptors (Lipinski definition) is 6. The summed E-state index contributed by atoms with van der Waals surface area (Å²) in [5.74, 6) is 1.37. The molecule has 0 saturated carbocycles. The van der Waals surface area contributed by atoms with Crippen molar-refractivity contribution in [1.29, 1.82) is 0 Å². The first-order valence-corrected chi connectivity index (χ1v) is 7.62. The summed E-state index contributed by atoms with van der Waals surface area (Å²) in [4.78, 5) is 10.2. The van der Waals surface area contributed by atoms with Crippen LogP contribution in [0.5, 0.6) is 0 Å². The summed E-state index contributed by atoms with van der Waals surface area (Å²) in [5, 5.41) is 13.0. The highest BCUT2D eigenvalue weighted by Gasteiger charge is 2.26. The lowest BCUT2D eigenvalue weighted by Crippen LogP contribution is -2.34. The highest BCUT2D eigenvalue weighted by atomic mass is 19.1. The zero-order valence-corrected chi connectivity index (χ0v) is 12.7. The summed E-state index contributed by atoms with van der Waals surface area (Å²) >= 11 is 0. The molecule has 1 aliphatic rings. The van der Waals surface area contributed by atoms with E-state index in [0.29, 0.717) is 11.9 Å². The maximum atomic E-state index is 12.9. The smallest absolute Gasteiger partial charge is 0.225 e. The maximum absolute atomic E-state index is 12.9. The average molecular weight is 313 g/mol. The van der Waals surface area contributed by atoms with Crippen molar-refractivity contribution < 1.29 is 4.39 Å². The van der Waals surface area contributed by atoms with Crippen molar-refractivity contribution in [2.24, 2.45) is 0 Å². The molecule has 0 bridgehead atoms. The van der Waals surface area contributed by atoms with Crippen molar-refractivity contribution in [1.82, 2.24) is 29.8 Å². The first-order chi connectivity index (χ1) is 11.2. The van der Waals surface area contributed by atoms with E-state index in [0.717, 1.165) is 43.1 Å². The molecule has 0 N–H and O–H groups in total. The van der Waals surface area contributed by atoms with Crippen molar-refractivity contribution in [3.05, 3.63) is 41.9 Å². The van der Waals surface area contributed by atoms with E-state index in [-0.39, 0.29) is 0 Å². The molecule has 3 aromatic heterocycles. The fraction of sp³-hybridized carbons (Fsp3) is 0.400. The Bertz CT molecular complexity index is 821. The first kappa shape index (κ1) is 14.0. The van der Waals surface area contributed by atoms with E-state index in [1.165, 1.54) is 12.4 Å². The van der Waals surface area contributed by atoms with Gasteiger partial charge in [0.2, 0.25) is 5.95 Å². The Hall–Kier alpha value is -2.64. The predicted molar refractivity (Wildman–Crippen MR) is 81.7 cm³/mol. The van der Waals surface area contributed by atoms with E-state index in [4.69, 9.17) is 0 Å². The van der Waals surface area contributed by atoms with Crippen LogP contribution in [0.1, 0.15) is 30.3 Å². The molecule has 4 rings (SSSR count). The third-order valence-electron chi connectivity index (χ3n) is 4.17. The van der Waals surface area contributed by atoms with Crippen LogP contribution in [-0.4, -0.2) is 42.9 Å². The third-order valence-corrected chi connectivity index (χ3v) is 4.17. The molecule has 7 nitrogen and oxygen atoms in total. The molecule has 0 amide bonds. The van der Waals surface area contributed by atoms with Crippen molar-refractivity contribution in [2.45, 2.75) is 25.7 Å². The number of hydrogen-bond donors (Lipinski definition) is 0. The third kappa shape index (κ3) is 2.60. The molecule has 1 saturated heterocycles. The van der Waals surface area contributed by atoms with E-state index in [9.17, 15) is 4.39 Å². The summed E-state index contributed by atoms with van der Waals surface area (Å²) in [6.45, 7) is 3.56. The maximum Gasteiger partial charge on any atom is 0.225 e. The van der Waals surface area contributed by atoms with E-state index in [1.807, 2.05) is 23.6 Å². The molecule has 23 heavy (non-hydrogen) atoms. The first-order valence-electron chi connectivity index (χ1n) is 7.62.